The van der Waals surface area contributed by atoms with Gasteiger partial charge in [0.2, 0.25) is 0 Å². The highest BCUT2D eigenvalue weighted by atomic mass is 32.2. The molecule has 0 spiro atoms. The quantitative estimate of drug-likeness (QED) is 0.596. The fraction of sp³-hybridized carbons (Fsp3) is 0.778. The number of hydrogen-bond acceptors (Lipinski definition) is 3. The first-order chi connectivity index (χ1) is 6.04. The molecule has 1 unspecified atom stereocenters. The molecule has 0 aromatic carbocycles. The van der Waals surface area contributed by atoms with Gasteiger partial charge in [0.25, 0.3) is 0 Å². The zero-order chi connectivity index (χ0) is 9.90. The summed E-state index contributed by atoms with van der Waals surface area (Å²) in [5.74, 6) is 5.75. The van der Waals surface area contributed by atoms with Crippen molar-refractivity contribution >= 4 is 9.84 Å². The van der Waals surface area contributed by atoms with Crippen LogP contribution in [0.5, 0.6) is 0 Å². The fourth-order valence-electron chi connectivity index (χ4n) is 1.48. The van der Waals surface area contributed by atoms with Crippen LogP contribution in [0.25, 0.3) is 0 Å². The van der Waals surface area contributed by atoms with Gasteiger partial charge in [0.1, 0.15) is 0 Å². The number of sulfone groups is 1. The summed E-state index contributed by atoms with van der Waals surface area (Å²) >= 11 is 0. The standard InChI is InChI=1S/C9H15NO2S/c1-3-4-6-10-7-5-9(8-10)13(2,11)12/h9H,5-8H2,1-2H3. The maximum absolute atomic E-state index is 11.2. The van der Waals surface area contributed by atoms with Crippen molar-refractivity contribution in [3.05, 3.63) is 0 Å². The number of likely N-dealkylation sites (tertiary alicyclic amines) is 1. The third-order valence-electron chi connectivity index (χ3n) is 2.31. The molecule has 0 saturated carbocycles. The molecule has 0 bridgehead atoms. The third-order valence-corrected chi connectivity index (χ3v) is 3.91. The predicted octanol–water partition coefficient (Wildman–Crippen LogP) is 0.129. The molecule has 74 valence electrons. The Hall–Kier alpha value is -0.530. The molecule has 13 heavy (non-hydrogen) atoms. The van der Waals surface area contributed by atoms with Crippen LogP contribution < -0.4 is 0 Å². The summed E-state index contributed by atoms with van der Waals surface area (Å²) in [7, 11) is -2.85. The fourth-order valence-corrected chi connectivity index (χ4v) is 2.50. The van der Waals surface area contributed by atoms with Crippen molar-refractivity contribution in [3.63, 3.8) is 0 Å². The van der Waals surface area contributed by atoms with Crippen LogP contribution >= 0.6 is 0 Å². The Morgan fingerprint density at radius 3 is 2.69 bits per heavy atom. The molecule has 0 N–H and O–H groups in total. The summed E-state index contributed by atoms with van der Waals surface area (Å²) in [4.78, 5) is 2.09. The van der Waals surface area contributed by atoms with Crippen molar-refractivity contribution < 1.29 is 8.42 Å². The lowest BCUT2D eigenvalue weighted by atomic mass is 10.4. The van der Waals surface area contributed by atoms with Crippen LogP contribution in [0.15, 0.2) is 0 Å². The number of nitrogens with zero attached hydrogens (tertiary/aromatic N) is 1. The molecule has 0 radical (unpaired) electrons. The molecular formula is C9H15NO2S. The molecule has 1 aliphatic heterocycles. The molecule has 0 aromatic rings. The van der Waals surface area contributed by atoms with E-state index < -0.39 is 9.84 Å². The van der Waals surface area contributed by atoms with E-state index in [-0.39, 0.29) is 5.25 Å². The van der Waals surface area contributed by atoms with Crippen LogP contribution in [0.4, 0.5) is 0 Å². The van der Waals surface area contributed by atoms with E-state index in [1.165, 1.54) is 6.26 Å². The Kier molecular flexibility index (Phi) is 3.34. The highest BCUT2D eigenvalue weighted by molar-refractivity contribution is 7.91. The minimum atomic E-state index is -2.85. The van der Waals surface area contributed by atoms with E-state index in [9.17, 15) is 8.42 Å². The van der Waals surface area contributed by atoms with Gasteiger partial charge in [-0.25, -0.2) is 8.42 Å². The first kappa shape index (κ1) is 10.6. The van der Waals surface area contributed by atoms with E-state index >= 15 is 0 Å². The second kappa shape index (κ2) is 4.12. The SMILES string of the molecule is CC#CCN1CCC(S(C)(=O)=O)C1. The molecule has 1 aliphatic rings. The zero-order valence-electron chi connectivity index (χ0n) is 8.08. The van der Waals surface area contributed by atoms with Crippen LogP contribution in [-0.4, -0.2) is 44.5 Å². The Morgan fingerprint density at radius 2 is 2.23 bits per heavy atom. The van der Waals surface area contributed by atoms with Gasteiger partial charge in [-0.05, 0) is 13.3 Å². The van der Waals surface area contributed by atoms with Gasteiger partial charge < -0.3 is 0 Å². The maximum Gasteiger partial charge on any atom is 0.151 e. The van der Waals surface area contributed by atoms with Crippen molar-refractivity contribution in [3.8, 4) is 11.8 Å². The Balaban J connectivity index is 2.48. The number of hydrogen-bond donors (Lipinski definition) is 0. The Bertz CT molecular complexity index is 323. The molecular weight excluding hydrogens is 186 g/mol. The van der Waals surface area contributed by atoms with Gasteiger partial charge in [-0.3, -0.25) is 4.90 Å². The first-order valence-corrected chi connectivity index (χ1v) is 6.30. The van der Waals surface area contributed by atoms with Crippen LogP contribution in [0.3, 0.4) is 0 Å². The average molecular weight is 201 g/mol. The monoisotopic (exact) mass is 201 g/mol. The normalized spacial score (nSPS) is 24.0. The molecule has 0 aliphatic carbocycles. The van der Waals surface area contributed by atoms with Crippen LogP contribution in [0.1, 0.15) is 13.3 Å². The van der Waals surface area contributed by atoms with Crippen molar-refractivity contribution in [1.82, 2.24) is 4.90 Å². The lowest BCUT2D eigenvalue weighted by Gasteiger charge is -2.10. The summed E-state index contributed by atoms with van der Waals surface area (Å²) in [6.07, 6.45) is 2.07. The second-order valence-corrected chi connectivity index (χ2v) is 5.73. The topological polar surface area (TPSA) is 37.4 Å². The van der Waals surface area contributed by atoms with Crippen LogP contribution in [0, 0.1) is 11.8 Å². The summed E-state index contributed by atoms with van der Waals surface area (Å²) < 4.78 is 22.4. The van der Waals surface area contributed by atoms with Crippen molar-refractivity contribution in [2.75, 3.05) is 25.9 Å². The second-order valence-electron chi connectivity index (χ2n) is 3.40. The molecule has 1 fully saturated rings. The van der Waals surface area contributed by atoms with Gasteiger partial charge >= 0.3 is 0 Å². The number of rotatable bonds is 2. The smallest absolute Gasteiger partial charge is 0.151 e. The lowest BCUT2D eigenvalue weighted by molar-refractivity contribution is 0.383. The van der Waals surface area contributed by atoms with Crippen LogP contribution in [0.2, 0.25) is 0 Å². The minimum Gasteiger partial charge on any atom is -0.291 e. The summed E-state index contributed by atoms with van der Waals surface area (Å²) in [5.41, 5.74) is 0. The molecule has 1 saturated heterocycles. The van der Waals surface area contributed by atoms with E-state index in [0.717, 1.165) is 13.0 Å². The van der Waals surface area contributed by atoms with E-state index in [1.54, 1.807) is 6.92 Å². The molecule has 0 aromatic heterocycles. The van der Waals surface area contributed by atoms with E-state index in [4.69, 9.17) is 0 Å². The predicted molar refractivity (Wildman–Crippen MR) is 53.1 cm³/mol. The Morgan fingerprint density at radius 1 is 1.54 bits per heavy atom. The van der Waals surface area contributed by atoms with Crippen molar-refractivity contribution in [2.24, 2.45) is 0 Å². The van der Waals surface area contributed by atoms with Crippen molar-refractivity contribution in [1.29, 1.82) is 0 Å². The van der Waals surface area contributed by atoms with Gasteiger partial charge in [0.15, 0.2) is 9.84 Å². The average Bonchev–Trinajstić information content (AvgIpc) is 2.47. The first-order valence-electron chi connectivity index (χ1n) is 4.35. The lowest BCUT2D eigenvalue weighted by Crippen LogP contribution is -2.26. The van der Waals surface area contributed by atoms with Crippen LogP contribution in [-0.2, 0) is 9.84 Å². The van der Waals surface area contributed by atoms with Gasteiger partial charge in [-0.2, -0.15) is 0 Å². The molecule has 0 amide bonds. The third kappa shape index (κ3) is 3.02. The van der Waals surface area contributed by atoms with Gasteiger partial charge in [-0.15, -0.1) is 5.92 Å². The zero-order valence-corrected chi connectivity index (χ0v) is 8.89. The van der Waals surface area contributed by atoms with E-state index in [0.29, 0.717) is 13.1 Å². The van der Waals surface area contributed by atoms with Gasteiger partial charge in [0, 0.05) is 19.3 Å². The minimum absolute atomic E-state index is 0.175. The molecule has 1 heterocycles. The highest BCUT2D eigenvalue weighted by Crippen LogP contribution is 2.15. The van der Waals surface area contributed by atoms with E-state index in [1.807, 2.05) is 0 Å². The van der Waals surface area contributed by atoms with Gasteiger partial charge in [-0.1, -0.05) is 5.92 Å². The summed E-state index contributed by atoms with van der Waals surface area (Å²) in [6, 6.07) is 0. The Labute approximate surface area is 80.0 Å². The van der Waals surface area contributed by atoms with Crippen molar-refractivity contribution in [2.45, 2.75) is 18.6 Å². The maximum atomic E-state index is 11.2. The molecule has 4 heteroatoms. The summed E-state index contributed by atoms with van der Waals surface area (Å²) in [5, 5.41) is -0.175. The summed E-state index contributed by atoms with van der Waals surface area (Å²) in [6.45, 7) is 3.99. The van der Waals surface area contributed by atoms with E-state index in [2.05, 4.69) is 16.7 Å². The molecule has 1 rings (SSSR count). The largest absolute Gasteiger partial charge is 0.291 e. The van der Waals surface area contributed by atoms with Gasteiger partial charge in [0.05, 0.1) is 11.8 Å². The highest BCUT2D eigenvalue weighted by Gasteiger charge is 2.29. The molecule has 3 nitrogen and oxygen atoms in total. The molecule has 1 atom stereocenters.